The predicted octanol–water partition coefficient (Wildman–Crippen LogP) is 4.14. The van der Waals surface area contributed by atoms with Gasteiger partial charge in [0.1, 0.15) is 0 Å². The zero-order valence-electron chi connectivity index (χ0n) is 23.6. The topological polar surface area (TPSA) is 135 Å². The molecule has 0 spiro atoms. The second kappa shape index (κ2) is 14.0. The molecule has 1 heterocycles. The van der Waals surface area contributed by atoms with Crippen LogP contribution in [0.15, 0.2) is 70.9 Å². The van der Waals surface area contributed by atoms with Crippen LogP contribution >= 0.6 is 11.8 Å². The third-order valence-corrected chi connectivity index (χ3v) is 6.68. The number of methoxy groups -OCH3 is 4. The third kappa shape index (κ3) is 6.99. The summed E-state index contributed by atoms with van der Waals surface area (Å²) >= 11 is 1.21. The highest BCUT2D eigenvalue weighted by Gasteiger charge is 2.19. The maximum absolute atomic E-state index is 12.7. The second-order valence-electron chi connectivity index (χ2n) is 8.48. The molecule has 0 aliphatic rings. The fourth-order valence-corrected chi connectivity index (χ4v) is 4.64. The SMILES string of the molecule is COc1ccc(-c2nnc(SCC(=O)N/N=C\c3cc(OC)c(OC(C)=O)c(OC)c3)n2-c2ccccc2)cc1OC. The predicted molar refractivity (Wildman–Crippen MR) is 157 cm³/mol. The van der Waals surface area contributed by atoms with E-state index in [1.165, 1.54) is 39.1 Å². The van der Waals surface area contributed by atoms with Crippen molar-refractivity contribution in [3.05, 3.63) is 66.2 Å². The van der Waals surface area contributed by atoms with Crippen LogP contribution in [-0.2, 0) is 9.59 Å². The molecule has 0 radical (unpaired) electrons. The Balaban J connectivity index is 1.51. The van der Waals surface area contributed by atoms with Crippen molar-refractivity contribution in [3.8, 4) is 45.8 Å². The average Bonchev–Trinajstić information content (AvgIpc) is 3.44. The number of rotatable bonds is 12. The molecule has 4 aromatic rings. The summed E-state index contributed by atoms with van der Waals surface area (Å²) in [7, 11) is 6.01. The molecular formula is C29H29N5O7S. The van der Waals surface area contributed by atoms with E-state index < -0.39 is 5.97 Å². The molecule has 0 aliphatic carbocycles. The zero-order chi connectivity index (χ0) is 30.1. The Hall–Kier alpha value is -5.04. The number of nitrogens with one attached hydrogen (secondary N) is 1. The van der Waals surface area contributed by atoms with Gasteiger partial charge in [0.2, 0.25) is 5.75 Å². The number of para-hydroxylation sites is 1. The summed E-state index contributed by atoms with van der Waals surface area (Å²) in [5.41, 5.74) is 4.64. The van der Waals surface area contributed by atoms with Gasteiger partial charge in [-0.05, 0) is 42.5 Å². The standard InChI is InChI=1S/C29H29N5O7S/c1-18(35)41-27-24(39-4)13-19(14-25(27)40-5)16-30-31-26(36)17-42-29-33-32-28(34(29)21-9-7-6-8-10-21)20-11-12-22(37-2)23(15-20)38-3/h6-16H,17H2,1-5H3,(H,31,36)/b30-16-. The first-order valence-corrected chi connectivity index (χ1v) is 13.5. The number of benzene rings is 3. The number of amides is 1. The number of ether oxygens (including phenoxy) is 5. The van der Waals surface area contributed by atoms with E-state index in [-0.39, 0.29) is 28.9 Å². The lowest BCUT2D eigenvalue weighted by molar-refractivity contribution is -0.132. The molecule has 1 N–H and O–H groups in total. The fraction of sp³-hybridized carbons (Fsp3) is 0.207. The number of hydrogen-bond donors (Lipinski definition) is 1. The first kappa shape index (κ1) is 29.9. The molecule has 42 heavy (non-hydrogen) atoms. The van der Waals surface area contributed by atoms with Gasteiger partial charge in [-0.3, -0.25) is 14.2 Å². The van der Waals surface area contributed by atoms with E-state index in [2.05, 4.69) is 20.7 Å². The van der Waals surface area contributed by atoms with E-state index >= 15 is 0 Å². The largest absolute Gasteiger partial charge is 0.493 e. The minimum absolute atomic E-state index is 0.0201. The van der Waals surface area contributed by atoms with Gasteiger partial charge in [-0.2, -0.15) is 5.10 Å². The van der Waals surface area contributed by atoms with Crippen LogP contribution in [0, 0.1) is 0 Å². The lowest BCUT2D eigenvalue weighted by atomic mass is 10.2. The van der Waals surface area contributed by atoms with Crippen LogP contribution in [0.3, 0.4) is 0 Å². The average molecular weight is 592 g/mol. The van der Waals surface area contributed by atoms with Crippen LogP contribution in [0.2, 0.25) is 0 Å². The Morgan fingerprint density at radius 1 is 0.881 bits per heavy atom. The molecule has 0 unspecified atom stereocenters. The molecule has 0 bridgehead atoms. The van der Waals surface area contributed by atoms with Crippen LogP contribution in [0.4, 0.5) is 0 Å². The van der Waals surface area contributed by atoms with Crippen molar-refractivity contribution in [2.45, 2.75) is 12.1 Å². The first-order chi connectivity index (χ1) is 20.4. The molecule has 0 atom stereocenters. The van der Waals surface area contributed by atoms with Gasteiger partial charge in [0.25, 0.3) is 5.91 Å². The number of carbonyl (C=O) groups is 2. The minimum atomic E-state index is -0.517. The molecule has 0 saturated carbocycles. The molecule has 3 aromatic carbocycles. The minimum Gasteiger partial charge on any atom is -0.493 e. The maximum atomic E-state index is 12.7. The number of nitrogens with zero attached hydrogens (tertiary/aromatic N) is 4. The second-order valence-corrected chi connectivity index (χ2v) is 9.42. The highest BCUT2D eigenvalue weighted by molar-refractivity contribution is 7.99. The van der Waals surface area contributed by atoms with E-state index in [4.69, 9.17) is 23.7 Å². The zero-order valence-corrected chi connectivity index (χ0v) is 24.4. The van der Waals surface area contributed by atoms with E-state index in [0.29, 0.717) is 28.0 Å². The van der Waals surface area contributed by atoms with Crippen LogP contribution in [-0.4, -0.2) is 67.0 Å². The van der Waals surface area contributed by atoms with Gasteiger partial charge in [-0.15, -0.1) is 10.2 Å². The Bertz CT molecular complexity index is 1570. The summed E-state index contributed by atoms with van der Waals surface area (Å²) in [6.45, 7) is 1.28. The Kier molecular flexibility index (Phi) is 10.0. The van der Waals surface area contributed by atoms with Crippen molar-refractivity contribution in [1.82, 2.24) is 20.2 Å². The van der Waals surface area contributed by atoms with Crippen molar-refractivity contribution in [1.29, 1.82) is 0 Å². The molecule has 13 heteroatoms. The van der Waals surface area contributed by atoms with E-state index in [1.807, 2.05) is 47.0 Å². The summed E-state index contributed by atoms with van der Waals surface area (Å²) in [5.74, 6) is 1.57. The normalized spacial score (nSPS) is 10.8. The van der Waals surface area contributed by atoms with Crippen LogP contribution in [0.1, 0.15) is 12.5 Å². The number of carbonyl (C=O) groups excluding carboxylic acids is 2. The Morgan fingerprint density at radius 3 is 2.17 bits per heavy atom. The molecule has 1 aromatic heterocycles. The van der Waals surface area contributed by atoms with E-state index in [9.17, 15) is 9.59 Å². The van der Waals surface area contributed by atoms with Crippen molar-refractivity contribution in [3.63, 3.8) is 0 Å². The molecule has 0 fully saturated rings. The molecule has 0 aliphatic heterocycles. The van der Waals surface area contributed by atoms with Gasteiger partial charge in [0, 0.05) is 23.7 Å². The van der Waals surface area contributed by atoms with Gasteiger partial charge >= 0.3 is 5.97 Å². The van der Waals surface area contributed by atoms with Crippen molar-refractivity contribution >= 4 is 29.9 Å². The number of hydrogen-bond acceptors (Lipinski definition) is 11. The lowest BCUT2D eigenvalue weighted by Crippen LogP contribution is -2.20. The van der Waals surface area contributed by atoms with Gasteiger partial charge in [-0.25, -0.2) is 5.43 Å². The van der Waals surface area contributed by atoms with Gasteiger partial charge in [-0.1, -0.05) is 30.0 Å². The molecule has 12 nitrogen and oxygen atoms in total. The molecule has 218 valence electrons. The highest BCUT2D eigenvalue weighted by atomic mass is 32.2. The quantitative estimate of drug-likeness (QED) is 0.0842. The smallest absolute Gasteiger partial charge is 0.308 e. The van der Waals surface area contributed by atoms with Crippen molar-refractivity contribution in [2.75, 3.05) is 34.2 Å². The van der Waals surface area contributed by atoms with Crippen LogP contribution in [0.5, 0.6) is 28.7 Å². The Morgan fingerprint density at radius 2 is 1.55 bits per heavy atom. The molecule has 4 rings (SSSR count). The summed E-state index contributed by atoms with van der Waals surface area (Å²) in [5, 5.41) is 13.3. The number of thioether (sulfide) groups is 1. The molecule has 0 saturated heterocycles. The van der Waals surface area contributed by atoms with Gasteiger partial charge in [0.15, 0.2) is 34.0 Å². The van der Waals surface area contributed by atoms with Gasteiger partial charge in [0.05, 0.1) is 40.4 Å². The summed E-state index contributed by atoms with van der Waals surface area (Å²) in [6, 6.07) is 18.3. The third-order valence-electron chi connectivity index (χ3n) is 5.75. The molecular weight excluding hydrogens is 562 g/mol. The van der Waals surface area contributed by atoms with Crippen molar-refractivity contribution < 1.29 is 33.3 Å². The number of hydrazone groups is 1. The van der Waals surface area contributed by atoms with Crippen LogP contribution < -0.4 is 29.1 Å². The van der Waals surface area contributed by atoms with Gasteiger partial charge < -0.3 is 23.7 Å². The van der Waals surface area contributed by atoms with E-state index in [1.54, 1.807) is 32.4 Å². The van der Waals surface area contributed by atoms with Crippen molar-refractivity contribution in [2.24, 2.45) is 5.10 Å². The Labute approximate surface area is 246 Å². The summed E-state index contributed by atoms with van der Waals surface area (Å²) in [4.78, 5) is 24.1. The van der Waals surface area contributed by atoms with Crippen LogP contribution in [0.25, 0.3) is 17.1 Å². The van der Waals surface area contributed by atoms with E-state index in [0.717, 1.165) is 11.3 Å². The first-order valence-electron chi connectivity index (χ1n) is 12.5. The highest BCUT2D eigenvalue weighted by Crippen LogP contribution is 2.38. The number of esters is 1. The molecule has 1 amide bonds. The number of aromatic nitrogens is 3. The maximum Gasteiger partial charge on any atom is 0.308 e. The fourth-order valence-electron chi connectivity index (χ4n) is 3.90. The monoisotopic (exact) mass is 591 g/mol. The summed E-state index contributed by atoms with van der Waals surface area (Å²) < 4.78 is 28.5. The summed E-state index contributed by atoms with van der Waals surface area (Å²) in [6.07, 6.45) is 1.42. The lowest BCUT2D eigenvalue weighted by Gasteiger charge is -2.13.